The predicted molar refractivity (Wildman–Crippen MR) is 152 cm³/mol. The van der Waals surface area contributed by atoms with E-state index in [0.717, 1.165) is 11.1 Å². The van der Waals surface area contributed by atoms with E-state index in [1.54, 1.807) is 24.3 Å². The number of hydrogen-bond donors (Lipinski definition) is 5. The van der Waals surface area contributed by atoms with Crippen molar-refractivity contribution in [2.45, 2.75) is 44.3 Å². The van der Waals surface area contributed by atoms with Crippen LogP contribution in [-0.4, -0.2) is 71.8 Å². The Morgan fingerprint density at radius 3 is 2.08 bits per heavy atom. The largest absolute Gasteiger partial charge is 0.427 e. The van der Waals surface area contributed by atoms with Crippen LogP contribution in [0.25, 0.3) is 0 Å². The van der Waals surface area contributed by atoms with Gasteiger partial charge in [0.1, 0.15) is 17.8 Å². The van der Waals surface area contributed by atoms with E-state index in [0.29, 0.717) is 17.9 Å². The van der Waals surface area contributed by atoms with Gasteiger partial charge in [-0.2, -0.15) is 11.8 Å². The van der Waals surface area contributed by atoms with E-state index in [1.165, 1.54) is 18.7 Å². The van der Waals surface area contributed by atoms with Crippen LogP contribution in [0.3, 0.4) is 0 Å². The highest BCUT2D eigenvalue weighted by Crippen LogP contribution is 2.13. The van der Waals surface area contributed by atoms with Crippen LogP contribution in [0.5, 0.6) is 5.75 Å². The Morgan fingerprint density at radius 2 is 1.50 bits per heavy atom. The summed E-state index contributed by atoms with van der Waals surface area (Å²) in [5.41, 5.74) is 13.1. The predicted octanol–water partition coefficient (Wildman–Crippen LogP) is -0.776. The van der Waals surface area contributed by atoms with Crippen molar-refractivity contribution >= 4 is 41.4 Å². The third-order valence-electron chi connectivity index (χ3n) is 5.61. The molecule has 0 saturated carbocycles. The van der Waals surface area contributed by atoms with Crippen molar-refractivity contribution < 1.29 is 34.2 Å². The number of primary amides is 1. The summed E-state index contributed by atoms with van der Waals surface area (Å²) in [7, 11) is 0. The van der Waals surface area contributed by atoms with Gasteiger partial charge in [0, 0.05) is 13.3 Å². The molecule has 0 aliphatic carbocycles. The van der Waals surface area contributed by atoms with E-state index in [1.807, 2.05) is 36.6 Å². The van der Waals surface area contributed by atoms with E-state index in [-0.39, 0.29) is 18.3 Å². The molecule has 0 saturated heterocycles. The number of ether oxygens (including phenoxy) is 1. The molecule has 0 bridgehead atoms. The van der Waals surface area contributed by atoms with Gasteiger partial charge in [-0.3, -0.25) is 24.0 Å². The lowest BCUT2D eigenvalue weighted by molar-refractivity contribution is -0.132. The van der Waals surface area contributed by atoms with Gasteiger partial charge in [-0.25, -0.2) is 0 Å². The number of hydrogen-bond acceptors (Lipinski definition) is 8. The molecule has 9 N–H and O–H groups in total. The van der Waals surface area contributed by atoms with E-state index in [2.05, 4.69) is 16.0 Å². The number of thioether (sulfide) groups is 1. The first-order valence-corrected chi connectivity index (χ1v) is 13.7. The lowest BCUT2D eigenvalue weighted by Gasteiger charge is -2.21. The second-order valence-electron chi connectivity index (χ2n) is 8.82. The average molecular weight is 576 g/mol. The van der Waals surface area contributed by atoms with Crippen molar-refractivity contribution in [2.24, 2.45) is 11.5 Å². The van der Waals surface area contributed by atoms with Crippen LogP contribution in [-0.2, 0) is 36.8 Å². The molecular formula is C27H37N5O7S. The molecule has 12 nitrogen and oxygen atoms in total. The van der Waals surface area contributed by atoms with E-state index < -0.39 is 54.3 Å². The number of amides is 4. The highest BCUT2D eigenvalue weighted by molar-refractivity contribution is 7.98. The standard InChI is InChI=1S/C27H35N5O6S.H2O/c1-17(33)38-20-10-8-19(9-11-20)14-21(28)26(36)32-22(12-13-39-2)27(37)30-16-24(34)31-23(25(29)35)15-18-6-4-3-5-7-18;/h3-11,21-23H,12-16,28H2,1-2H3,(H2,29,35)(H,30,37)(H,31,34)(H,32,36);1H2/t21-,22+,23-;/m0./s1. The van der Waals surface area contributed by atoms with Gasteiger partial charge in [-0.15, -0.1) is 0 Å². The van der Waals surface area contributed by atoms with Crippen molar-refractivity contribution in [3.05, 3.63) is 65.7 Å². The highest BCUT2D eigenvalue weighted by atomic mass is 32.2. The zero-order chi connectivity index (χ0) is 28.8. The summed E-state index contributed by atoms with van der Waals surface area (Å²) in [6.45, 7) is 0.901. The van der Waals surface area contributed by atoms with Crippen LogP contribution in [0, 0.1) is 0 Å². The molecule has 13 heteroatoms. The molecule has 2 aromatic rings. The minimum atomic E-state index is -0.940. The summed E-state index contributed by atoms with van der Waals surface area (Å²) in [5, 5.41) is 7.70. The third-order valence-corrected chi connectivity index (χ3v) is 6.25. The average Bonchev–Trinajstić information content (AvgIpc) is 2.90. The van der Waals surface area contributed by atoms with Gasteiger partial charge in [0.05, 0.1) is 12.6 Å². The Morgan fingerprint density at radius 1 is 0.875 bits per heavy atom. The number of rotatable bonds is 15. The molecule has 3 atom stereocenters. The van der Waals surface area contributed by atoms with E-state index in [9.17, 15) is 24.0 Å². The fourth-order valence-corrected chi connectivity index (χ4v) is 4.07. The zero-order valence-corrected chi connectivity index (χ0v) is 23.3. The molecule has 0 heterocycles. The Bertz CT molecular complexity index is 1130. The maximum Gasteiger partial charge on any atom is 0.308 e. The maximum absolute atomic E-state index is 12.8. The topological polar surface area (TPSA) is 214 Å². The normalized spacial score (nSPS) is 12.6. The van der Waals surface area contributed by atoms with Crippen molar-refractivity contribution in [1.29, 1.82) is 0 Å². The van der Waals surface area contributed by atoms with Gasteiger partial charge in [-0.05, 0) is 48.1 Å². The number of carbonyl (C=O) groups is 5. The molecule has 218 valence electrons. The summed E-state index contributed by atoms with van der Waals surface area (Å²) in [5.74, 6) is -1.84. The van der Waals surface area contributed by atoms with Gasteiger partial charge in [0.25, 0.3) is 0 Å². The molecule has 0 radical (unpaired) electrons. The van der Waals surface area contributed by atoms with Gasteiger partial charge >= 0.3 is 5.97 Å². The SMILES string of the molecule is CSCC[C@@H](NC(=O)[C@@H](N)Cc1ccc(OC(C)=O)cc1)C(=O)NCC(=O)N[C@@H](Cc1ccccc1)C(N)=O.O. The summed E-state index contributed by atoms with van der Waals surface area (Å²) >= 11 is 1.50. The molecule has 0 aromatic heterocycles. The molecule has 40 heavy (non-hydrogen) atoms. The Labute approximate surface area is 237 Å². The van der Waals surface area contributed by atoms with Crippen molar-refractivity contribution in [2.75, 3.05) is 18.6 Å². The van der Waals surface area contributed by atoms with E-state index in [4.69, 9.17) is 16.2 Å². The first-order chi connectivity index (χ1) is 18.6. The van der Waals surface area contributed by atoms with Crippen LogP contribution in [0.4, 0.5) is 0 Å². The molecule has 0 spiro atoms. The fourth-order valence-electron chi connectivity index (χ4n) is 3.60. The minimum absolute atomic E-state index is 0. The summed E-state index contributed by atoms with van der Waals surface area (Å²) < 4.78 is 4.99. The smallest absolute Gasteiger partial charge is 0.308 e. The quantitative estimate of drug-likeness (QED) is 0.134. The monoisotopic (exact) mass is 575 g/mol. The van der Waals surface area contributed by atoms with Crippen molar-refractivity contribution in [3.63, 3.8) is 0 Å². The number of esters is 1. The first kappa shape index (κ1) is 34.1. The van der Waals surface area contributed by atoms with Crippen LogP contribution in [0.15, 0.2) is 54.6 Å². The van der Waals surface area contributed by atoms with Gasteiger partial charge in [0.2, 0.25) is 23.6 Å². The lowest BCUT2D eigenvalue weighted by atomic mass is 10.0. The first-order valence-electron chi connectivity index (χ1n) is 12.3. The number of carbonyl (C=O) groups excluding carboxylic acids is 5. The molecule has 0 unspecified atom stereocenters. The molecule has 0 aliphatic rings. The van der Waals surface area contributed by atoms with Crippen LogP contribution >= 0.6 is 11.8 Å². The molecule has 0 aliphatic heterocycles. The third kappa shape index (κ3) is 12.3. The second-order valence-corrected chi connectivity index (χ2v) is 9.81. The molecule has 0 fully saturated rings. The lowest BCUT2D eigenvalue weighted by Crippen LogP contribution is -2.54. The summed E-state index contributed by atoms with van der Waals surface area (Å²) in [6.07, 6.45) is 2.60. The van der Waals surface area contributed by atoms with Gasteiger partial charge < -0.3 is 37.6 Å². The molecule has 2 rings (SSSR count). The van der Waals surface area contributed by atoms with Crippen LogP contribution < -0.4 is 32.2 Å². The van der Waals surface area contributed by atoms with E-state index >= 15 is 0 Å². The van der Waals surface area contributed by atoms with Crippen LogP contribution in [0.2, 0.25) is 0 Å². The number of nitrogens with two attached hydrogens (primary N) is 2. The van der Waals surface area contributed by atoms with Gasteiger partial charge in [-0.1, -0.05) is 42.5 Å². The number of nitrogens with one attached hydrogen (secondary N) is 3. The van der Waals surface area contributed by atoms with Crippen LogP contribution in [0.1, 0.15) is 24.5 Å². The highest BCUT2D eigenvalue weighted by Gasteiger charge is 2.25. The molecular weight excluding hydrogens is 538 g/mol. The second kappa shape index (κ2) is 17.6. The van der Waals surface area contributed by atoms with Crippen molar-refractivity contribution in [1.82, 2.24) is 16.0 Å². The Kier molecular flexibility index (Phi) is 15.0. The summed E-state index contributed by atoms with van der Waals surface area (Å²) in [4.78, 5) is 60.9. The molecule has 4 amide bonds. The molecule has 2 aromatic carbocycles. The Balaban J connectivity index is 0.00000800. The zero-order valence-electron chi connectivity index (χ0n) is 22.5. The van der Waals surface area contributed by atoms with Crippen molar-refractivity contribution in [3.8, 4) is 5.75 Å². The number of benzene rings is 2. The Hall–Kier alpha value is -3.94. The minimum Gasteiger partial charge on any atom is -0.427 e. The summed E-state index contributed by atoms with van der Waals surface area (Å²) in [6, 6.07) is 12.9. The maximum atomic E-state index is 12.8. The fraction of sp³-hybridized carbons (Fsp3) is 0.370. The van der Waals surface area contributed by atoms with Gasteiger partial charge in [0.15, 0.2) is 0 Å².